The van der Waals surface area contributed by atoms with Gasteiger partial charge in [0, 0.05) is 19.0 Å². The van der Waals surface area contributed by atoms with E-state index >= 15 is 0 Å². The van der Waals surface area contributed by atoms with Gasteiger partial charge in [-0.05, 0) is 37.3 Å². The third-order valence-corrected chi connectivity index (χ3v) is 3.96. The van der Waals surface area contributed by atoms with Crippen LogP contribution in [0, 0.1) is 0 Å². The Balaban J connectivity index is 2.17. The highest BCUT2D eigenvalue weighted by Gasteiger charge is 2.17. The lowest BCUT2D eigenvalue weighted by Gasteiger charge is -2.26. The molecule has 0 saturated heterocycles. The van der Waals surface area contributed by atoms with Crippen LogP contribution < -0.4 is 14.8 Å². The summed E-state index contributed by atoms with van der Waals surface area (Å²) in [5, 5.41) is 3.58. The molecule has 0 aliphatic carbocycles. The monoisotopic (exact) mass is 292 g/mol. The van der Waals surface area contributed by atoms with Gasteiger partial charge in [-0.2, -0.15) is 0 Å². The second kappa shape index (κ2) is 8.25. The number of hydrogen-bond acceptors (Lipinski definition) is 4. The first kappa shape index (κ1) is 16.1. The molecule has 2 rings (SSSR count). The molecule has 0 radical (unpaired) electrons. The molecule has 0 amide bonds. The number of ether oxygens (including phenoxy) is 2. The third-order valence-electron chi connectivity index (χ3n) is 3.96. The van der Waals surface area contributed by atoms with Gasteiger partial charge in [0.2, 0.25) is 0 Å². The molecule has 1 aromatic carbocycles. The van der Waals surface area contributed by atoms with E-state index < -0.39 is 0 Å². The Morgan fingerprint density at radius 3 is 2.48 bits per heavy atom. The Morgan fingerprint density at radius 1 is 1.10 bits per heavy atom. The van der Waals surface area contributed by atoms with Crippen LogP contribution in [-0.4, -0.2) is 44.3 Å². The summed E-state index contributed by atoms with van der Waals surface area (Å²) >= 11 is 0. The molecule has 0 fully saturated rings. The maximum atomic E-state index is 5.81. The molecule has 118 valence electrons. The summed E-state index contributed by atoms with van der Waals surface area (Å²) in [5.74, 6) is 1.75. The summed E-state index contributed by atoms with van der Waals surface area (Å²) < 4.78 is 11.5. The molecule has 1 heterocycles. The second-order valence-corrected chi connectivity index (χ2v) is 5.35. The van der Waals surface area contributed by atoms with Crippen molar-refractivity contribution in [2.45, 2.75) is 33.2 Å². The van der Waals surface area contributed by atoms with Gasteiger partial charge < -0.3 is 19.7 Å². The molecule has 0 saturated carbocycles. The molecule has 1 aromatic rings. The highest BCUT2D eigenvalue weighted by Crippen LogP contribution is 2.32. The van der Waals surface area contributed by atoms with E-state index in [9.17, 15) is 0 Å². The normalized spacial score (nSPS) is 15.8. The topological polar surface area (TPSA) is 33.7 Å². The van der Waals surface area contributed by atoms with Gasteiger partial charge in [0.15, 0.2) is 11.5 Å². The summed E-state index contributed by atoms with van der Waals surface area (Å²) in [5.41, 5.74) is 1.27. The molecular formula is C17H28N2O2. The Hall–Kier alpha value is -1.26. The van der Waals surface area contributed by atoms with Crippen LogP contribution in [-0.2, 0) is 0 Å². The zero-order chi connectivity index (χ0) is 15.1. The van der Waals surface area contributed by atoms with E-state index in [1.165, 1.54) is 5.56 Å². The van der Waals surface area contributed by atoms with Gasteiger partial charge in [0.1, 0.15) is 0 Å². The van der Waals surface area contributed by atoms with Crippen LogP contribution >= 0.6 is 0 Å². The fourth-order valence-electron chi connectivity index (χ4n) is 2.67. The molecule has 0 aromatic heterocycles. The standard InChI is InChI=1S/C17H28N2O2/c1-4-18-15(13-19(5-2)6-3)14-8-9-16-17(12-14)21-11-7-10-20-16/h8-9,12,15,18H,4-7,10-11,13H2,1-3H3. The van der Waals surface area contributed by atoms with Gasteiger partial charge in [0.05, 0.1) is 13.2 Å². The van der Waals surface area contributed by atoms with E-state index in [-0.39, 0.29) is 0 Å². The summed E-state index contributed by atoms with van der Waals surface area (Å²) in [7, 11) is 0. The quantitative estimate of drug-likeness (QED) is 0.838. The van der Waals surface area contributed by atoms with E-state index in [1.54, 1.807) is 0 Å². The van der Waals surface area contributed by atoms with Crippen LogP contribution in [0.2, 0.25) is 0 Å². The van der Waals surface area contributed by atoms with Gasteiger partial charge in [-0.3, -0.25) is 0 Å². The Bertz CT molecular complexity index is 433. The maximum absolute atomic E-state index is 5.81. The molecule has 1 unspecified atom stereocenters. The van der Waals surface area contributed by atoms with E-state index in [4.69, 9.17) is 9.47 Å². The van der Waals surface area contributed by atoms with Crippen LogP contribution in [0.4, 0.5) is 0 Å². The molecular weight excluding hydrogens is 264 g/mol. The van der Waals surface area contributed by atoms with E-state index in [0.29, 0.717) is 6.04 Å². The van der Waals surface area contributed by atoms with Crippen molar-refractivity contribution in [2.75, 3.05) is 39.4 Å². The van der Waals surface area contributed by atoms with Crippen molar-refractivity contribution in [3.05, 3.63) is 23.8 Å². The SMILES string of the molecule is CCNC(CN(CC)CC)c1ccc2c(c1)OCCCO2. The maximum Gasteiger partial charge on any atom is 0.161 e. The van der Waals surface area contributed by atoms with Crippen molar-refractivity contribution in [3.63, 3.8) is 0 Å². The fourth-order valence-corrected chi connectivity index (χ4v) is 2.67. The molecule has 1 aliphatic rings. The smallest absolute Gasteiger partial charge is 0.161 e. The number of nitrogens with zero attached hydrogens (tertiary/aromatic N) is 1. The lowest BCUT2D eigenvalue weighted by molar-refractivity contribution is 0.266. The Labute approximate surface area is 128 Å². The minimum absolute atomic E-state index is 0.326. The molecule has 0 bridgehead atoms. The molecule has 21 heavy (non-hydrogen) atoms. The first-order valence-corrected chi connectivity index (χ1v) is 8.13. The number of fused-ring (bicyclic) bond motifs is 1. The van der Waals surface area contributed by atoms with Crippen molar-refractivity contribution < 1.29 is 9.47 Å². The minimum Gasteiger partial charge on any atom is -0.490 e. The van der Waals surface area contributed by atoms with Crippen LogP contribution in [0.25, 0.3) is 0 Å². The van der Waals surface area contributed by atoms with Crippen LogP contribution in [0.3, 0.4) is 0 Å². The highest BCUT2D eigenvalue weighted by atomic mass is 16.5. The Kier molecular flexibility index (Phi) is 6.33. The van der Waals surface area contributed by atoms with Crippen LogP contribution in [0.1, 0.15) is 38.8 Å². The highest BCUT2D eigenvalue weighted by molar-refractivity contribution is 5.44. The van der Waals surface area contributed by atoms with E-state index in [1.807, 2.05) is 6.07 Å². The first-order chi connectivity index (χ1) is 10.3. The van der Waals surface area contributed by atoms with Crippen molar-refractivity contribution in [1.82, 2.24) is 10.2 Å². The molecule has 1 atom stereocenters. The lowest BCUT2D eigenvalue weighted by atomic mass is 10.1. The molecule has 1 N–H and O–H groups in total. The predicted octanol–water partition coefficient (Wildman–Crippen LogP) is 2.84. The van der Waals surface area contributed by atoms with Crippen molar-refractivity contribution in [1.29, 1.82) is 0 Å². The van der Waals surface area contributed by atoms with Gasteiger partial charge in [0.25, 0.3) is 0 Å². The third kappa shape index (κ3) is 4.35. The van der Waals surface area contributed by atoms with Gasteiger partial charge >= 0.3 is 0 Å². The predicted molar refractivity (Wildman–Crippen MR) is 86.3 cm³/mol. The van der Waals surface area contributed by atoms with Crippen molar-refractivity contribution >= 4 is 0 Å². The molecule has 4 heteroatoms. The fraction of sp³-hybridized carbons (Fsp3) is 0.647. The number of hydrogen-bond donors (Lipinski definition) is 1. The van der Waals surface area contributed by atoms with Gasteiger partial charge in [-0.1, -0.05) is 26.8 Å². The zero-order valence-corrected chi connectivity index (χ0v) is 13.5. The van der Waals surface area contributed by atoms with Crippen molar-refractivity contribution in [3.8, 4) is 11.5 Å². The summed E-state index contributed by atoms with van der Waals surface area (Å²) in [6, 6.07) is 6.66. The molecule has 4 nitrogen and oxygen atoms in total. The van der Waals surface area contributed by atoms with Gasteiger partial charge in [-0.15, -0.1) is 0 Å². The Morgan fingerprint density at radius 2 is 1.81 bits per heavy atom. The van der Waals surface area contributed by atoms with Crippen LogP contribution in [0.5, 0.6) is 11.5 Å². The molecule has 0 spiro atoms. The van der Waals surface area contributed by atoms with E-state index in [2.05, 4.69) is 43.1 Å². The first-order valence-electron chi connectivity index (χ1n) is 8.13. The molecule has 1 aliphatic heterocycles. The average molecular weight is 292 g/mol. The van der Waals surface area contributed by atoms with Crippen LogP contribution in [0.15, 0.2) is 18.2 Å². The lowest BCUT2D eigenvalue weighted by Crippen LogP contribution is -2.35. The number of benzene rings is 1. The summed E-state index contributed by atoms with van der Waals surface area (Å²) in [4.78, 5) is 2.44. The average Bonchev–Trinajstić information content (AvgIpc) is 2.76. The number of likely N-dealkylation sites (N-methyl/N-ethyl adjacent to an activating group) is 2. The second-order valence-electron chi connectivity index (χ2n) is 5.35. The summed E-state index contributed by atoms with van der Waals surface area (Å²) in [6.07, 6.45) is 0.945. The van der Waals surface area contributed by atoms with E-state index in [0.717, 1.165) is 57.3 Å². The number of rotatable bonds is 7. The van der Waals surface area contributed by atoms with Crippen molar-refractivity contribution in [2.24, 2.45) is 0 Å². The largest absolute Gasteiger partial charge is 0.490 e. The number of nitrogens with one attached hydrogen (secondary N) is 1. The summed E-state index contributed by atoms with van der Waals surface area (Å²) in [6.45, 7) is 12.2. The van der Waals surface area contributed by atoms with Gasteiger partial charge in [-0.25, -0.2) is 0 Å². The zero-order valence-electron chi connectivity index (χ0n) is 13.5. The minimum atomic E-state index is 0.326.